The van der Waals surface area contributed by atoms with Crippen LogP contribution in [0.3, 0.4) is 0 Å². The fourth-order valence-electron chi connectivity index (χ4n) is 2.47. The van der Waals surface area contributed by atoms with E-state index in [1.165, 1.54) is 21.3 Å². The molecule has 0 aliphatic carbocycles. The highest BCUT2D eigenvalue weighted by atomic mass is 32.1. The van der Waals surface area contributed by atoms with Crippen LogP contribution in [0.2, 0.25) is 0 Å². The molecule has 0 N–H and O–H groups in total. The highest BCUT2D eigenvalue weighted by Gasteiger charge is 2.26. The molecule has 0 saturated heterocycles. The Morgan fingerprint density at radius 2 is 1.55 bits per heavy atom. The number of carbonyl (C=O) groups excluding carboxylic acids is 3. The smallest absolute Gasteiger partial charge is 0.325 e. The molecular weight excluding hydrogens is 400 g/mol. The Balaban J connectivity index is 2.37. The van der Waals surface area contributed by atoms with Crippen LogP contribution in [0.25, 0.3) is 10.6 Å². The molecule has 2 rings (SSSR count). The summed E-state index contributed by atoms with van der Waals surface area (Å²) >= 11 is 1.15. The Kier molecular flexibility index (Phi) is 7.54. The number of amides is 1. The van der Waals surface area contributed by atoms with Gasteiger partial charge in [0.2, 0.25) is 0 Å². The van der Waals surface area contributed by atoms with Gasteiger partial charge < -0.3 is 23.8 Å². The van der Waals surface area contributed by atoms with E-state index in [-0.39, 0.29) is 13.1 Å². The van der Waals surface area contributed by atoms with Crippen molar-refractivity contribution in [1.29, 1.82) is 0 Å². The molecule has 0 spiro atoms. The molecule has 0 radical (unpaired) electrons. The summed E-state index contributed by atoms with van der Waals surface area (Å²) in [6.45, 7) is 0.920. The summed E-state index contributed by atoms with van der Waals surface area (Å²) in [5.41, 5.74) is 1.21. The molecule has 156 valence electrons. The van der Waals surface area contributed by atoms with E-state index >= 15 is 0 Å². The summed E-state index contributed by atoms with van der Waals surface area (Å²) < 4.78 is 19.8. The van der Waals surface area contributed by atoms with Crippen LogP contribution in [0.4, 0.5) is 0 Å². The lowest BCUT2D eigenvalue weighted by molar-refractivity contribution is -0.144. The summed E-state index contributed by atoms with van der Waals surface area (Å²) in [7, 11) is 5.48. The summed E-state index contributed by atoms with van der Waals surface area (Å²) in [6, 6.07) is 5.30. The molecule has 0 bridgehead atoms. The molecule has 0 atom stereocenters. The van der Waals surface area contributed by atoms with Crippen molar-refractivity contribution in [2.24, 2.45) is 0 Å². The number of aromatic nitrogens is 1. The molecule has 0 aliphatic rings. The zero-order valence-corrected chi connectivity index (χ0v) is 17.6. The van der Waals surface area contributed by atoms with E-state index in [2.05, 4.69) is 14.5 Å². The normalized spacial score (nSPS) is 10.2. The molecule has 1 aromatic carbocycles. The minimum atomic E-state index is -0.649. The Morgan fingerprint density at radius 1 is 0.966 bits per heavy atom. The summed E-state index contributed by atoms with van der Waals surface area (Å²) in [5.74, 6) is -0.705. The number of nitrogens with zero attached hydrogens (tertiary/aromatic N) is 2. The third-order valence-electron chi connectivity index (χ3n) is 4.00. The Bertz CT molecular complexity index is 892. The van der Waals surface area contributed by atoms with Gasteiger partial charge in [-0.25, -0.2) is 4.98 Å². The van der Waals surface area contributed by atoms with Gasteiger partial charge >= 0.3 is 11.9 Å². The van der Waals surface area contributed by atoms with Gasteiger partial charge in [0.15, 0.2) is 11.5 Å². The number of benzene rings is 1. The van der Waals surface area contributed by atoms with E-state index in [0.717, 1.165) is 21.8 Å². The number of rotatable bonds is 8. The Hall–Kier alpha value is -3.14. The van der Waals surface area contributed by atoms with Crippen molar-refractivity contribution in [2.75, 3.05) is 41.5 Å². The number of carbonyl (C=O) groups is 3. The van der Waals surface area contributed by atoms with Gasteiger partial charge in [0.1, 0.15) is 23.0 Å². The molecule has 29 heavy (non-hydrogen) atoms. The molecule has 0 unspecified atom stereocenters. The lowest BCUT2D eigenvalue weighted by atomic mass is 10.2. The van der Waals surface area contributed by atoms with Gasteiger partial charge in [-0.3, -0.25) is 14.4 Å². The average Bonchev–Trinajstić information content (AvgIpc) is 3.13. The van der Waals surface area contributed by atoms with E-state index in [0.29, 0.717) is 27.1 Å². The van der Waals surface area contributed by atoms with Crippen molar-refractivity contribution in [3.8, 4) is 22.1 Å². The zero-order valence-electron chi connectivity index (χ0n) is 16.8. The molecule has 0 saturated carbocycles. The summed E-state index contributed by atoms with van der Waals surface area (Å²) in [4.78, 5) is 42.1. The van der Waals surface area contributed by atoms with E-state index < -0.39 is 17.8 Å². The summed E-state index contributed by atoms with van der Waals surface area (Å²) in [5, 5.41) is 0.586. The second kappa shape index (κ2) is 9.87. The molecule has 10 heteroatoms. The van der Waals surface area contributed by atoms with Gasteiger partial charge in [-0.2, -0.15) is 0 Å². The third kappa shape index (κ3) is 5.23. The van der Waals surface area contributed by atoms with Gasteiger partial charge in [0.05, 0.1) is 34.1 Å². The van der Waals surface area contributed by atoms with E-state index in [1.807, 2.05) is 0 Å². The number of aryl methyl sites for hydroxylation is 1. The number of thiazole rings is 1. The molecule has 1 aromatic heterocycles. The van der Waals surface area contributed by atoms with Gasteiger partial charge in [0.25, 0.3) is 5.91 Å². The van der Waals surface area contributed by atoms with Gasteiger partial charge in [-0.15, -0.1) is 11.3 Å². The Labute approximate surface area is 172 Å². The van der Waals surface area contributed by atoms with Crippen LogP contribution in [-0.4, -0.2) is 69.3 Å². The first kappa shape index (κ1) is 22.2. The van der Waals surface area contributed by atoms with Gasteiger partial charge in [0, 0.05) is 5.56 Å². The van der Waals surface area contributed by atoms with Crippen LogP contribution in [0.5, 0.6) is 11.5 Å². The van der Waals surface area contributed by atoms with Crippen molar-refractivity contribution < 1.29 is 33.3 Å². The van der Waals surface area contributed by atoms with Crippen LogP contribution in [0.15, 0.2) is 18.2 Å². The van der Waals surface area contributed by atoms with E-state index in [4.69, 9.17) is 9.47 Å². The van der Waals surface area contributed by atoms with Gasteiger partial charge in [-0.05, 0) is 25.1 Å². The first-order chi connectivity index (χ1) is 13.8. The summed E-state index contributed by atoms with van der Waals surface area (Å²) in [6.07, 6.45) is 0. The fraction of sp³-hybridized carbons (Fsp3) is 0.368. The third-order valence-corrected chi connectivity index (χ3v) is 5.20. The number of ether oxygens (including phenoxy) is 4. The monoisotopic (exact) mass is 422 g/mol. The second-order valence-corrected chi connectivity index (χ2v) is 6.82. The number of esters is 2. The lowest BCUT2D eigenvalue weighted by Gasteiger charge is -2.19. The SMILES string of the molecule is COC(=O)CN(CC(=O)OC)C(=O)c1sc(-c2ccc(OC)c(OC)c2)nc1C. The van der Waals surface area contributed by atoms with E-state index in [1.54, 1.807) is 32.2 Å². The van der Waals surface area contributed by atoms with Crippen LogP contribution >= 0.6 is 11.3 Å². The molecule has 9 nitrogen and oxygen atoms in total. The molecule has 0 fully saturated rings. The molecule has 1 heterocycles. The quantitative estimate of drug-likeness (QED) is 0.595. The first-order valence-electron chi connectivity index (χ1n) is 8.47. The second-order valence-electron chi connectivity index (χ2n) is 5.82. The number of hydrogen-bond donors (Lipinski definition) is 0. The van der Waals surface area contributed by atoms with Crippen LogP contribution in [0, 0.1) is 6.92 Å². The highest BCUT2D eigenvalue weighted by Crippen LogP contribution is 2.35. The predicted molar refractivity (Wildman–Crippen MR) is 105 cm³/mol. The maximum Gasteiger partial charge on any atom is 0.325 e. The van der Waals surface area contributed by atoms with E-state index in [9.17, 15) is 14.4 Å². The average molecular weight is 422 g/mol. The van der Waals surface area contributed by atoms with Crippen LogP contribution < -0.4 is 9.47 Å². The minimum absolute atomic E-state index is 0.308. The zero-order chi connectivity index (χ0) is 21.6. The van der Waals surface area contributed by atoms with Crippen molar-refractivity contribution in [1.82, 2.24) is 9.88 Å². The standard InChI is InChI=1S/C19H22N2O7S/c1-11-17(19(24)21(9-15(22)27-4)10-16(23)28-5)29-18(20-11)12-6-7-13(25-2)14(8-12)26-3/h6-8H,9-10H2,1-5H3. The van der Waals surface area contributed by atoms with Crippen molar-refractivity contribution >= 4 is 29.2 Å². The maximum absolute atomic E-state index is 13.0. The molecule has 0 aliphatic heterocycles. The topological polar surface area (TPSA) is 104 Å². The van der Waals surface area contributed by atoms with Crippen LogP contribution in [-0.2, 0) is 19.1 Å². The van der Waals surface area contributed by atoms with Crippen molar-refractivity contribution in [2.45, 2.75) is 6.92 Å². The number of methoxy groups -OCH3 is 4. The Morgan fingerprint density at radius 3 is 2.07 bits per heavy atom. The number of hydrogen-bond acceptors (Lipinski definition) is 9. The largest absolute Gasteiger partial charge is 0.493 e. The van der Waals surface area contributed by atoms with Crippen molar-refractivity contribution in [3.63, 3.8) is 0 Å². The lowest BCUT2D eigenvalue weighted by Crippen LogP contribution is -2.40. The van der Waals surface area contributed by atoms with Gasteiger partial charge in [-0.1, -0.05) is 0 Å². The minimum Gasteiger partial charge on any atom is -0.493 e. The maximum atomic E-state index is 13.0. The molecule has 1 amide bonds. The van der Waals surface area contributed by atoms with Crippen LogP contribution in [0.1, 0.15) is 15.4 Å². The molecular formula is C19H22N2O7S. The first-order valence-corrected chi connectivity index (χ1v) is 9.29. The molecule has 2 aromatic rings. The fourth-order valence-corrected chi connectivity index (χ4v) is 3.50. The predicted octanol–water partition coefficient (Wildman–Crippen LogP) is 1.92. The highest BCUT2D eigenvalue weighted by molar-refractivity contribution is 7.17. The van der Waals surface area contributed by atoms with Crippen molar-refractivity contribution in [3.05, 3.63) is 28.8 Å².